The van der Waals surface area contributed by atoms with Crippen LogP contribution in [-0.4, -0.2) is 55.9 Å². The Morgan fingerprint density at radius 3 is 2.58 bits per heavy atom. The normalized spacial score (nSPS) is 20.4. The fourth-order valence-corrected chi connectivity index (χ4v) is 4.82. The summed E-state index contributed by atoms with van der Waals surface area (Å²) in [6.07, 6.45) is 0.315. The summed E-state index contributed by atoms with van der Waals surface area (Å²) >= 11 is 6.09. The molecular weight excluding hydrogens is 354 g/mol. The van der Waals surface area contributed by atoms with Gasteiger partial charge in [-0.1, -0.05) is 29.8 Å². The third kappa shape index (κ3) is 4.27. The van der Waals surface area contributed by atoms with Crippen LogP contribution in [0.15, 0.2) is 24.3 Å². The largest absolute Gasteiger partial charge is 0.467 e. The highest BCUT2D eigenvalue weighted by Gasteiger charge is 2.39. The van der Waals surface area contributed by atoms with E-state index in [0.717, 1.165) is 0 Å². The van der Waals surface area contributed by atoms with Crippen molar-refractivity contribution in [2.75, 3.05) is 18.6 Å². The minimum atomic E-state index is -3.19. The Balaban J connectivity index is 2.26. The van der Waals surface area contributed by atoms with Gasteiger partial charge < -0.3 is 9.64 Å². The molecule has 1 amide bonds. The maximum absolute atomic E-state index is 12.8. The van der Waals surface area contributed by atoms with Gasteiger partial charge in [-0.15, -0.1) is 0 Å². The van der Waals surface area contributed by atoms with Crippen LogP contribution in [0.3, 0.4) is 0 Å². The Kier molecular flexibility index (Phi) is 5.87. The molecule has 0 aliphatic carbocycles. The molecule has 0 spiro atoms. The van der Waals surface area contributed by atoms with E-state index in [0.29, 0.717) is 17.0 Å². The van der Waals surface area contributed by atoms with Crippen molar-refractivity contribution in [3.63, 3.8) is 0 Å². The van der Waals surface area contributed by atoms with Crippen LogP contribution in [-0.2, 0) is 30.6 Å². The monoisotopic (exact) mass is 373 g/mol. The zero-order valence-corrected chi connectivity index (χ0v) is 15.1. The molecule has 0 N–H and O–H groups in total. The number of sulfone groups is 1. The second-order valence-corrected chi connectivity index (χ2v) is 8.46. The predicted octanol–water partition coefficient (Wildman–Crippen LogP) is 1.46. The van der Waals surface area contributed by atoms with Gasteiger partial charge in [-0.25, -0.2) is 13.2 Å². The van der Waals surface area contributed by atoms with Gasteiger partial charge in [0.2, 0.25) is 5.91 Å². The lowest BCUT2D eigenvalue weighted by atomic mass is 10.1. The van der Waals surface area contributed by atoms with E-state index in [1.54, 1.807) is 31.2 Å². The summed E-state index contributed by atoms with van der Waals surface area (Å²) in [4.78, 5) is 26.0. The molecule has 0 unspecified atom stereocenters. The van der Waals surface area contributed by atoms with E-state index in [9.17, 15) is 18.0 Å². The lowest BCUT2D eigenvalue weighted by Gasteiger charge is -2.32. The summed E-state index contributed by atoms with van der Waals surface area (Å²) < 4.78 is 28.3. The Labute approximate surface area is 146 Å². The minimum absolute atomic E-state index is 0.00243. The lowest BCUT2D eigenvalue weighted by molar-refractivity contribution is -0.153. The van der Waals surface area contributed by atoms with Crippen molar-refractivity contribution in [1.82, 2.24) is 4.90 Å². The van der Waals surface area contributed by atoms with Crippen LogP contribution in [0.5, 0.6) is 0 Å². The maximum Gasteiger partial charge on any atom is 0.328 e. The topological polar surface area (TPSA) is 80.8 Å². The molecule has 0 bridgehead atoms. The van der Waals surface area contributed by atoms with Gasteiger partial charge in [0.1, 0.15) is 6.04 Å². The molecule has 0 radical (unpaired) electrons. The zero-order chi connectivity index (χ0) is 17.9. The van der Waals surface area contributed by atoms with Crippen molar-refractivity contribution in [2.24, 2.45) is 0 Å². The van der Waals surface area contributed by atoms with Crippen LogP contribution in [0.25, 0.3) is 0 Å². The molecule has 8 heteroatoms. The van der Waals surface area contributed by atoms with Crippen molar-refractivity contribution in [2.45, 2.75) is 31.8 Å². The smallest absolute Gasteiger partial charge is 0.328 e. The van der Waals surface area contributed by atoms with E-state index >= 15 is 0 Å². The van der Waals surface area contributed by atoms with Crippen LogP contribution in [0, 0.1) is 0 Å². The number of amides is 1. The first-order chi connectivity index (χ1) is 11.2. The molecule has 1 heterocycles. The maximum atomic E-state index is 12.8. The van der Waals surface area contributed by atoms with Crippen LogP contribution in [0.1, 0.15) is 18.9 Å². The Bertz CT molecular complexity index is 734. The number of esters is 1. The average Bonchev–Trinajstić information content (AvgIpc) is 2.88. The Morgan fingerprint density at radius 1 is 1.38 bits per heavy atom. The van der Waals surface area contributed by atoms with E-state index in [1.165, 1.54) is 12.0 Å². The number of methoxy groups -OCH3 is 1. The molecule has 1 aliphatic heterocycles. The van der Waals surface area contributed by atoms with E-state index in [1.807, 2.05) is 0 Å². The Morgan fingerprint density at radius 2 is 2.04 bits per heavy atom. The number of rotatable bonds is 5. The van der Waals surface area contributed by atoms with E-state index < -0.39 is 27.9 Å². The van der Waals surface area contributed by atoms with Crippen LogP contribution < -0.4 is 0 Å². The standard InChI is InChI=1S/C16H20ClNO5S/c1-11(16(20)23-2)18(13-7-8-24(21,22)10-13)15(19)9-12-5-3-4-6-14(12)17/h3-6,11,13H,7-10H2,1-2H3/t11-,13-/m1/s1. The van der Waals surface area contributed by atoms with Crippen LogP contribution >= 0.6 is 11.6 Å². The molecule has 1 aromatic rings. The summed E-state index contributed by atoms with van der Waals surface area (Å²) in [5.41, 5.74) is 0.632. The third-order valence-corrected chi connectivity index (χ3v) is 6.27. The molecule has 0 aromatic heterocycles. The molecule has 1 fully saturated rings. The van der Waals surface area contributed by atoms with Crippen molar-refractivity contribution in [1.29, 1.82) is 0 Å². The number of hydrogen-bond donors (Lipinski definition) is 0. The van der Waals surface area contributed by atoms with Crippen molar-refractivity contribution in [3.05, 3.63) is 34.9 Å². The first-order valence-electron chi connectivity index (χ1n) is 7.58. The first-order valence-corrected chi connectivity index (χ1v) is 9.78. The SMILES string of the molecule is COC(=O)[C@@H](C)N(C(=O)Cc1ccccc1Cl)[C@@H]1CCS(=O)(=O)C1. The second kappa shape index (κ2) is 7.53. The zero-order valence-electron chi connectivity index (χ0n) is 13.6. The second-order valence-electron chi connectivity index (χ2n) is 5.83. The number of benzene rings is 1. The fourth-order valence-electron chi connectivity index (χ4n) is 2.91. The highest BCUT2D eigenvalue weighted by Crippen LogP contribution is 2.23. The summed E-state index contributed by atoms with van der Waals surface area (Å²) in [6.45, 7) is 1.54. The molecule has 1 aromatic carbocycles. The molecule has 132 valence electrons. The molecule has 24 heavy (non-hydrogen) atoms. The Hall–Kier alpha value is -1.60. The van der Waals surface area contributed by atoms with Gasteiger partial charge >= 0.3 is 5.97 Å². The number of carbonyl (C=O) groups excluding carboxylic acids is 2. The third-order valence-electron chi connectivity index (χ3n) is 4.15. The van der Waals surface area contributed by atoms with Gasteiger partial charge in [-0.05, 0) is 25.0 Å². The number of hydrogen-bond acceptors (Lipinski definition) is 5. The molecule has 2 atom stereocenters. The molecule has 1 aliphatic rings. The summed E-state index contributed by atoms with van der Waals surface area (Å²) in [5, 5.41) is 0.454. The summed E-state index contributed by atoms with van der Waals surface area (Å²) in [7, 11) is -1.96. The van der Waals surface area contributed by atoms with Gasteiger partial charge in [0, 0.05) is 11.1 Å². The number of nitrogens with zero attached hydrogens (tertiary/aromatic N) is 1. The van der Waals surface area contributed by atoms with Crippen molar-refractivity contribution in [3.8, 4) is 0 Å². The van der Waals surface area contributed by atoms with E-state index in [-0.39, 0.29) is 23.8 Å². The van der Waals surface area contributed by atoms with Gasteiger partial charge in [0.15, 0.2) is 9.84 Å². The van der Waals surface area contributed by atoms with Gasteiger partial charge in [-0.3, -0.25) is 4.79 Å². The highest BCUT2D eigenvalue weighted by molar-refractivity contribution is 7.91. The number of carbonyl (C=O) groups is 2. The average molecular weight is 374 g/mol. The van der Waals surface area contributed by atoms with Crippen molar-refractivity contribution < 1.29 is 22.7 Å². The van der Waals surface area contributed by atoms with Crippen LogP contribution in [0.2, 0.25) is 5.02 Å². The lowest BCUT2D eigenvalue weighted by Crippen LogP contribution is -2.50. The molecule has 1 saturated heterocycles. The molecule has 0 saturated carbocycles. The number of halogens is 1. The van der Waals surface area contributed by atoms with Gasteiger partial charge in [-0.2, -0.15) is 0 Å². The first kappa shape index (κ1) is 18.7. The van der Waals surface area contributed by atoms with E-state index in [2.05, 4.69) is 0 Å². The fraction of sp³-hybridized carbons (Fsp3) is 0.500. The van der Waals surface area contributed by atoms with Crippen LogP contribution in [0.4, 0.5) is 0 Å². The van der Waals surface area contributed by atoms with E-state index in [4.69, 9.17) is 16.3 Å². The quantitative estimate of drug-likeness (QED) is 0.730. The van der Waals surface area contributed by atoms with Crippen molar-refractivity contribution >= 4 is 33.3 Å². The molecule has 2 rings (SSSR count). The highest BCUT2D eigenvalue weighted by atomic mass is 35.5. The van der Waals surface area contributed by atoms with Gasteiger partial charge in [0.05, 0.1) is 25.0 Å². The summed E-state index contributed by atoms with van der Waals surface area (Å²) in [5.74, 6) is -1.04. The van der Waals surface area contributed by atoms with Gasteiger partial charge in [0.25, 0.3) is 0 Å². The summed E-state index contributed by atoms with van der Waals surface area (Å²) in [6, 6.07) is 5.55. The predicted molar refractivity (Wildman–Crippen MR) is 90.5 cm³/mol. The molecule has 6 nitrogen and oxygen atoms in total. The molecular formula is C16H20ClNO5S. The minimum Gasteiger partial charge on any atom is -0.467 e. The number of ether oxygens (including phenoxy) is 1.